The van der Waals surface area contributed by atoms with E-state index in [2.05, 4.69) is 18.3 Å². The minimum absolute atomic E-state index is 0.127. The maximum Gasteiger partial charge on any atom is 0.261 e. The van der Waals surface area contributed by atoms with Crippen molar-refractivity contribution in [3.05, 3.63) is 21.4 Å². The number of amides is 1. The van der Waals surface area contributed by atoms with E-state index in [1.54, 1.807) is 11.3 Å². The van der Waals surface area contributed by atoms with Gasteiger partial charge in [0.2, 0.25) is 0 Å². The predicted octanol–water partition coefficient (Wildman–Crippen LogP) is 3.43. The smallest absolute Gasteiger partial charge is 0.261 e. The largest absolute Gasteiger partial charge is 0.349 e. The normalized spacial score (nSPS) is 17.4. The topological polar surface area (TPSA) is 29.1 Å². The van der Waals surface area contributed by atoms with Crippen molar-refractivity contribution in [3.63, 3.8) is 0 Å². The molecule has 1 aliphatic rings. The zero-order valence-corrected chi connectivity index (χ0v) is 10.8. The third-order valence-corrected chi connectivity index (χ3v) is 4.34. The van der Waals surface area contributed by atoms with Crippen LogP contribution in [0.1, 0.15) is 52.2 Å². The van der Waals surface area contributed by atoms with Crippen molar-refractivity contribution in [2.45, 2.75) is 52.0 Å². The lowest BCUT2D eigenvalue weighted by atomic mass is 9.95. The van der Waals surface area contributed by atoms with Gasteiger partial charge < -0.3 is 5.32 Å². The first-order valence-corrected chi connectivity index (χ1v) is 6.86. The van der Waals surface area contributed by atoms with E-state index in [1.165, 1.54) is 24.1 Å². The Hall–Kier alpha value is -0.830. The van der Waals surface area contributed by atoms with Crippen molar-refractivity contribution in [2.24, 2.45) is 0 Å². The predicted molar refractivity (Wildman–Crippen MR) is 68.1 cm³/mol. The summed E-state index contributed by atoms with van der Waals surface area (Å²) >= 11 is 1.60. The molecule has 0 aromatic carbocycles. The van der Waals surface area contributed by atoms with Crippen molar-refractivity contribution < 1.29 is 4.79 Å². The number of hydrogen-bond acceptors (Lipinski definition) is 2. The molecule has 1 aliphatic carbocycles. The summed E-state index contributed by atoms with van der Waals surface area (Å²) in [7, 11) is 0. The van der Waals surface area contributed by atoms with E-state index >= 15 is 0 Å². The summed E-state index contributed by atoms with van der Waals surface area (Å²) in [5.41, 5.74) is 1.11. The van der Waals surface area contributed by atoms with Gasteiger partial charge in [-0.15, -0.1) is 11.3 Å². The van der Waals surface area contributed by atoms with Crippen LogP contribution in [0.3, 0.4) is 0 Å². The number of thiophene rings is 1. The molecule has 0 spiro atoms. The van der Waals surface area contributed by atoms with Gasteiger partial charge in [0.25, 0.3) is 5.91 Å². The number of aryl methyl sites for hydroxylation is 2. The second-order valence-electron chi connectivity index (χ2n) is 4.68. The average Bonchev–Trinajstić information content (AvgIpc) is 2.59. The SMILES string of the molecule is Cc1cc(C)c(C(=O)NC2CCCCC2)s1. The van der Waals surface area contributed by atoms with Gasteiger partial charge in [0, 0.05) is 10.9 Å². The highest BCUT2D eigenvalue weighted by molar-refractivity contribution is 7.14. The van der Waals surface area contributed by atoms with Gasteiger partial charge in [0.15, 0.2) is 0 Å². The van der Waals surface area contributed by atoms with Crippen LogP contribution in [0.25, 0.3) is 0 Å². The Balaban J connectivity index is 1.99. The third-order valence-electron chi connectivity index (χ3n) is 3.19. The molecule has 0 atom stereocenters. The maximum atomic E-state index is 12.0. The molecule has 1 N–H and O–H groups in total. The number of carbonyl (C=O) groups is 1. The molecular weight excluding hydrogens is 218 g/mol. The number of hydrogen-bond donors (Lipinski definition) is 1. The Bertz CT molecular complexity index is 377. The lowest BCUT2D eigenvalue weighted by Gasteiger charge is -2.22. The van der Waals surface area contributed by atoms with Crippen molar-refractivity contribution in [3.8, 4) is 0 Å². The van der Waals surface area contributed by atoms with Gasteiger partial charge >= 0.3 is 0 Å². The van der Waals surface area contributed by atoms with E-state index < -0.39 is 0 Å². The third kappa shape index (κ3) is 2.64. The van der Waals surface area contributed by atoms with E-state index in [9.17, 15) is 4.79 Å². The highest BCUT2D eigenvalue weighted by atomic mass is 32.1. The minimum atomic E-state index is 0.127. The molecule has 2 nitrogen and oxygen atoms in total. The molecule has 0 unspecified atom stereocenters. The summed E-state index contributed by atoms with van der Waals surface area (Å²) in [4.78, 5) is 14.2. The zero-order valence-electron chi connectivity index (χ0n) is 10.0. The van der Waals surface area contributed by atoms with Gasteiger partial charge in [0.1, 0.15) is 0 Å². The molecule has 1 fully saturated rings. The monoisotopic (exact) mass is 237 g/mol. The van der Waals surface area contributed by atoms with Gasteiger partial charge in [-0.25, -0.2) is 0 Å². The summed E-state index contributed by atoms with van der Waals surface area (Å²) in [5.74, 6) is 0.127. The van der Waals surface area contributed by atoms with Crippen molar-refractivity contribution in [1.29, 1.82) is 0 Å². The maximum absolute atomic E-state index is 12.0. The molecule has 16 heavy (non-hydrogen) atoms. The first-order valence-electron chi connectivity index (χ1n) is 6.04. The second-order valence-corrected chi connectivity index (χ2v) is 5.93. The number of carbonyl (C=O) groups excluding carboxylic acids is 1. The summed E-state index contributed by atoms with van der Waals surface area (Å²) in [5, 5.41) is 3.16. The highest BCUT2D eigenvalue weighted by Crippen LogP contribution is 2.22. The van der Waals surface area contributed by atoms with E-state index in [0.717, 1.165) is 23.3 Å². The summed E-state index contributed by atoms with van der Waals surface area (Å²) in [6.45, 7) is 4.06. The van der Waals surface area contributed by atoms with E-state index in [-0.39, 0.29) is 5.91 Å². The fraction of sp³-hybridized carbons (Fsp3) is 0.615. The Kier molecular flexibility index (Phi) is 3.64. The number of rotatable bonds is 2. The van der Waals surface area contributed by atoms with Crippen LogP contribution in [0.2, 0.25) is 0 Å². The van der Waals surface area contributed by atoms with Crippen LogP contribution in [0.4, 0.5) is 0 Å². The van der Waals surface area contributed by atoms with Gasteiger partial charge in [-0.05, 0) is 38.3 Å². The van der Waals surface area contributed by atoms with Gasteiger partial charge in [-0.3, -0.25) is 4.79 Å². The molecule has 0 radical (unpaired) electrons. The lowest BCUT2D eigenvalue weighted by Crippen LogP contribution is -2.36. The van der Waals surface area contributed by atoms with Crippen LogP contribution in [0.5, 0.6) is 0 Å². The lowest BCUT2D eigenvalue weighted by molar-refractivity contribution is 0.0931. The quantitative estimate of drug-likeness (QED) is 0.839. The summed E-state index contributed by atoms with van der Waals surface area (Å²) < 4.78 is 0. The molecule has 88 valence electrons. The molecule has 1 amide bonds. The van der Waals surface area contributed by atoms with E-state index in [0.29, 0.717) is 6.04 Å². The Labute approximate surface area is 101 Å². The molecule has 1 aromatic heterocycles. The standard InChI is InChI=1S/C13H19NOS/c1-9-8-10(2)16-12(9)13(15)14-11-6-4-3-5-7-11/h8,11H,3-7H2,1-2H3,(H,14,15). The molecule has 0 saturated heterocycles. The molecule has 1 aromatic rings. The Morgan fingerprint density at radius 3 is 2.56 bits per heavy atom. The molecule has 2 rings (SSSR count). The van der Waals surface area contributed by atoms with Crippen LogP contribution in [0, 0.1) is 13.8 Å². The first kappa shape index (κ1) is 11.6. The van der Waals surface area contributed by atoms with Crippen LogP contribution in [-0.2, 0) is 0 Å². The molecule has 0 bridgehead atoms. The van der Waals surface area contributed by atoms with Crippen LogP contribution < -0.4 is 5.32 Å². The van der Waals surface area contributed by atoms with E-state index in [4.69, 9.17) is 0 Å². The fourth-order valence-electron chi connectivity index (χ4n) is 2.36. The molecule has 3 heteroatoms. The van der Waals surface area contributed by atoms with Crippen molar-refractivity contribution in [1.82, 2.24) is 5.32 Å². The van der Waals surface area contributed by atoms with Crippen LogP contribution in [0.15, 0.2) is 6.07 Å². The fourth-order valence-corrected chi connectivity index (χ4v) is 3.29. The number of nitrogens with one attached hydrogen (secondary N) is 1. The molecule has 1 heterocycles. The molecule has 0 aliphatic heterocycles. The average molecular weight is 237 g/mol. The van der Waals surface area contributed by atoms with Gasteiger partial charge in [-0.2, -0.15) is 0 Å². The highest BCUT2D eigenvalue weighted by Gasteiger charge is 2.18. The van der Waals surface area contributed by atoms with Crippen molar-refractivity contribution in [2.75, 3.05) is 0 Å². The van der Waals surface area contributed by atoms with E-state index in [1.807, 2.05) is 6.92 Å². The first-order chi connectivity index (χ1) is 7.66. The van der Waals surface area contributed by atoms with Gasteiger partial charge in [0.05, 0.1) is 4.88 Å². The van der Waals surface area contributed by atoms with Crippen LogP contribution >= 0.6 is 11.3 Å². The Morgan fingerprint density at radius 1 is 1.31 bits per heavy atom. The Morgan fingerprint density at radius 2 is 2.00 bits per heavy atom. The van der Waals surface area contributed by atoms with Crippen molar-refractivity contribution >= 4 is 17.2 Å². The molecular formula is C13H19NOS. The molecule has 1 saturated carbocycles. The van der Waals surface area contributed by atoms with Gasteiger partial charge in [-0.1, -0.05) is 19.3 Å². The summed E-state index contributed by atoms with van der Waals surface area (Å²) in [6, 6.07) is 2.49. The zero-order chi connectivity index (χ0) is 11.5. The summed E-state index contributed by atoms with van der Waals surface area (Å²) in [6.07, 6.45) is 6.13. The minimum Gasteiger partial charge on any atom is -0.349 e. The van der Waals surface area contributed by atoms with Crippen LogP contribution in [-0.4, -0.2) is 11.9 Å². The second kappa shape index (κ2) is 5.00.